The second kappa shape index (κ2) is 9.34. The van der Waals surface area contributed by atoms with Gasteiger partial charge in [-0.05, 0) is 67.7 Å². The third-order valence-corrected chi connectivity index (χ3v) is 7.38. The van der Waals surface area contributed by atoms with Crippen molar-refractivity contribution < 1.29 is 22.7 Å². The molecule has 2 aliphatic rings. The van der Waals surface area contributed by atoms with Crippen LogP contribution in [0.5, 0.6) is 11.5 Å². The number of hydrogen-bond acceptors (Lipinski definition) is 5. The number of nitrogens with one attached hydrogen (secondary N) is 1. The van der Waals surface area contributed by atoms with Gasteiger partial charge < -0.3 is 14.4 Å². The summed E-state index contributed by atoms with van der Waals surface area (Å²) in [7, 11) is -0.243. The number of nitrogens with zero attached hydrogens (tertiary/aromatic N) is 1. The minimum absolute atomic E-state index is 0.0637. The number of likely N-dealkylation sites (tertiary alicyclic amines) is 1. The van der Waals surface area contributed by atoms with Gasteiger partial charge in [0, 0.05) is 24.2 Å². The average molecular weight is 457 g/mol. The highest BCUT2D eigenvalue weighted by atomic mass is 32.2. The lowest BCUT2D eigenvalue weighted by Gasteiger charge is -2.25. The molecule has 1 saturated carbocycles. The molecule has 1 unspecified atom stereocenters. The Morgan fingerprint density at radius 3 is 2.47 bits per heavy atom. The fraction of sp³-hybridized carbons (Fsp3) is 0.375. The van der Waals surface area contributed by atoms with Crippen LogP contribution in [0.1, 0.15) is 42.9 Å². The van der Waals surface area contributed by atoms with Crippen molar-refractivity contribution in [2.75, 3.05) is 20.8 Å². The minimum Gasteiger partial charge on any atom is -0.497 e. The molecule has 1 aliphatic heterocycles. The fourth-order valence-corrected chi connectivity index (χ4v) is 5.27. The normalized spacial score (nSPS) is 18.8. The standard InChI is InChI=1S/C24H28N2O5S/c1-30-19-10-13-23(31-2)21(16-19)22-4-3-15-26(22)24(27)14-7-17-5-11-20(12-6-17)32(28,29)25-18-8-9-18/h5-7,10-14,16,18,22,25H,3-4,8-9,15H2,1-2H3/b14-7+. The van der Waals surface area contributed by atoms with Crippen molar-refractivity contribution in [3.05, 3.63) is 59.7 Å². The molecule has 8 heteroatoms. The Kier molecular flexibility index (Phi) is 6.53. The van der Waals surface area contributed by atoms with E-state index in [4.69, 9.17) is 9.47 Å². The molecule has 2 aromatic carbocycles. The Morgan fingerprint density at radius 2 is 1.81 bits per heavy atom. The van der Waals surface area contributed by atoms with Crippen LogP contribution >= 0.6 is 0 Å². The zero-order chi connectivity index (χ0) is 22.7. The SMILES string of the molecule is COc1ccc(OC)c(C2CCCN2C(=O)/C=C/c2ccc(S(=O)(=O)NC3CC3)cc2)c1. The Labute approximate surface area is 189 Å². The first-order chi connectivity index (χ1) is 15.4. The Hall–Kier alpha value is -2.84. The number of sulfonamides is 1. The van der Waals surface area contributed by atoms with Crippen molar-refractivity contribution >= 4 is 22.0 Å². The minimum atomic E-state index is -3.48. The van der Waals surface area contributed by atoms with Gasteiger partial charge in [-0.3, -0.25) is 4.79 Å². The van der Waals surface area contributed by atoms with E-state index in [1.807, 2.05) is 23.1 Å². The lowest BCUT2D eigenvalue weighted by atomic mass is 10.0. The molecule has 0 aromatic heterocycles. The Morgan fingerprint density at radius 1 is 1.06 bits per heavy atom. The molecule has 2 fully saturated rings. The molecule has 1 atom stereocenters. The zero-order valence-electron chi connectivity index (χ0n) is 18.3. The number of ether oxygens (including phenoxy) is 2. The maximum atomic E-state index is 13.0. The maximum Gasteiger partial charge on any atom is 0.247 e. The van der Waals surface area contributed by atoms with Crippen molar-refractivity contribution in [2.24, 2.45) is 0 Å². The Bertz CT molecular complexity index is 1110. The maximum absolute atomic E-state index is 13.0. The van der Waals surface area contributed by atoms with E-state index in [9.17, 15) is 13.2 Å². The van der Waals surface area contributed by atoms with Gasteiger partial charge >= 0.3 is 0 Å². The molecular formula is C24H28N2O5S. The first-order valence-corrected chi connectivity index (χ1v) is 12.2. The molecule has 1 aliphatic carbocycles. The molecule has 2 aromatic rings. The van der Waals surface area contributed by atoms with Gasteiger partial charge in [-0.15, -0.1) is 0 Å². The number of carbonyl (C=O) groups excluding carboxylic acids is 1. The van der Waals surface area contributed by atoms with Gasteiger partial charge in [0.2, 0.25) is 15.9 Å². The topological polar surface area (TPSA) is 84.9 Å². The van der Waals surface area contributed by atoms with Gasteiger partial charge in [-0.2, -0.15) is 0 Å². The largest absolute Gasteiger partial charge is 0.497 e. The summed E-state index contributed by atoms with van der Waals surface area (Å²) in [6, 6.07) is 12.1. The van der Waals surface area contributed by atoms with Crippen molar-refractivity contribution in [1.29, 1.82) is 0 Å². The van der Waals surface area contributed by atoms with E-state index >= 15 is 0 Å². The third-order valence-electron chi connectivity index (χ3n) is 5.84. The van der Waals surface area contributed by atoms with Crippen molar-refractivity contribution in [1.82, 2.24) is 9.62 Å². The second-order valence-corrected chi connectivity index (χ2v) is 9.81. The van der Waals surface area contributed by atoms with Gasteiger partial charge in [0.25, 0.3) is 0 Å². The molecule has 4 rings (SSSR count). The van der Waals surface area contributed by atoms with Crippen LogP contribution in [0.25, 0.3) is 6.08 Å². The van der Waals surface area contributed by atoms with E-state index in [0.717, 1.165) is 48.3 Å². The van der Waals surface area contributed by atoms with E-state index in [1.54, 1.807) is 44.6 Å². The summed E-state index contributed by atoms with van der Waals surface area (Å²) in [4.78, 5) is 15.0. The lowest BCUT2D eigenvalue weighted by Crippen LogP contribution is -2.29. The number of carbonyl (C=O) groups is 1. The number of hydrogen-bond donors (Lipinski definition) is 1. The number of benzene rings is 2. The van der Waals surface area contributed by atoms with Gasteiger partial charge in [-0.1, -0.05) is 12.1 Å². The summed E-state index contributed by atoms with van der Waals surface area (Å²) < 4.78 is 38.1. The van der Waals surface area contributed by atoms with Crippen LogP contribution in [0.2, 0.25) is 0 Å². The number of rotatable bonds is 8. The van der Waals surface area contributed by atoms with E-state index in [2.05, 4.69) is 4.72 Å². The van der Waals surface area contributed by atoms with Crippen LogP contribution in [0.15, 0.2) is 53.4 Å². The van der Waals surface area contributed by atoms with Crippen LogP contribution in [-0.2, 0) is 14.8 Å². The highest BCUT2D eigenvalue weighted by molar-refractivity contribution is 7.89. The number of amides is 1. The monoisotopic (exact) mass is 456 g/mol. The molecule has 0 spiro atoms. The molecule has 32 heavy (non-hydrogen) atoms. The van der Waals surface area contributed by atoms with Crippen LogP contribution in [-0.4, -0.2) is 46.0 Å². The first kappa shape index (κ1) is 22.4. The summed E-state index contributed by atoms with van der Waals surface area (Å²) >= 11 is 0. The number of methoxy groups -OCH3 is 2. The summed E-state index contributed by atoms with van der Waals surface area (Å²) in [5, 5.41) is 0. The molecule has 0 bridgehead atoms. The molecule has 1 amide bonds. The van der Waals surface area contributed by atoms with Gasteiger partial charge in [0.05, 0.1) is 25.2 Å². The van der Waals surface area contributed by atoms with Gasteiger partial charge in [-0.25, -0.2) is 13.1 Å². The summed E-state index contributed by atoms with van der Waals surface area (Å²) in [5.74, 6) is 1.36. The summed E-state index contributed by atoms with van der Waals surface area (Å²) in [6.07, 6.45) is 6.79. The van der Waals surface area contributed by atoms with Crippen molar-refractivity contribution in [3.8, 4) is 11.5 Å². The molecule has 170 valence electrons. The van der Waals surface area contributed by atoms with Crippen LogP contribution in [0.4, 0.5) is 0 Å². The molecule has 0 radical (unpaired) electrons. The third kappa shape index (κ3) is 4.97. The lowest BCUT2D eigenvalue weighted by molar-refractivity contribution is -0.126. The highest BCUT2D eigenvalue weighted by Crippen LogP contribution is 2.39. The van der Waals surface area contributed by atoms with Crippen LogP contribution < -0.4 is 14.2 Å². The smallest absolute Gasteiger partial charge is 0.247 e. The van der Waals surface area contributed by atoms with Crippen LogP contribution in [0.3, 0.4) is 0 Å². The first-order valence-electron chi connectivity index (χ1n) is 10.7. The van der Waals surface area contributed by atoms with E-state index in [0.29, 0.717) is 6.54 Å². The van der Waals surface area contributed by atoms with Gasteiger partial charge in [0.1, 0.15) is 11.5 Å². The van der Waals surface area contributed by atoms with E-state index in [1.165, 1.54) is 6.08 Å². The predicted octanol–water partition coefficient (Wildman–Crippen LogP) is 3.52. The summed E-state index contributed by atoms with van der Waals surface area (Å²) in [6.45, 7) is 0.665. The van der Waals surface area contributed by atoms with E-state index < -0.39 is 10.0 Å². The molecule has 1 saturated heterocycles. The average Bonchev–Trinajstić information content (AvgIpc) is 3.47. The van der Waals surface area contributed by atoms with Gasteiger partial charge in [0.15, 0.2) is 0 Å². The molecule has 1 N–H and O–H groups in total. The zero-order valence-corrected chi connectivity index (χ0v) is 19.1. The predicted molar refractivity (Wildman–Crippen MR) is 122 cm³/mol. The van der Waals surface area contributed by atoms with Crippen molar-refractivity contribution in [2.45, 2.75) is 42.7 Å². The molecular weight excluding hydrogens is 428 g/mol. The van der Waals surface area contributed by atoms with E-state index in [-0.39, 0.29) is 22.9 Å². The Balaban J connectivity index is 1.47. The van der Waals surface area contributed by atoms with Crippen molar-refractivity contribution in [3.63, 3.8) is 0 Å². The second-order valence-electron chi connectivity index (χ2n) is 8.10. The highest BCUT2D eigenvalue weighted by Gasteiger charge is 2.31. The quantitative estimate of drug-likeness (QED) is 0.615. The molecule has 7 nitrogen and oxygen atoms in total. The summed E-state index contributed by atoms with van der Waals surface area (Å²) in [5.41, 5.74) is 1.70. The fourth-order valence-electron chi connectivity index (χ4n) is 3.96. The van der Waals surface area contributed by atoms with Crippen LogP contribution in [0, 0.1) is 0 Å². The molecule has 1 heterocycles.